The Hall–Kier alpha value is -1.18. The van der Waals surface area contributed by atoms with Crippen LogP contribution in [0.1, 0.15) is 19.8 Å². The Morgan fingerprint density at radius 3 is 2.85 bits per heavy atom. The molecule has 0 bridgehead atoms. The Morgan fingerprint density at radius 1 is 1.50 bits per heavy atom. The average molecular weight is 299 g/mol. The van der Waals surface area contributed by atoms with Gasteiger partial charge in [-0.3, -0.25) is 0 Å². The van der Waals surface area contributed by atoms with Crippen LogP contribution in [0.2, 0.25) is 0 Å². The summed E-state index contributed by atoms with van der Waals surface area (Å²) in [5.74, 6) is 0.674. The number of likely N-dealkylation sites (N-methyl/N-ethyl adjacent to an activating group) is 1. The molecule has 1 fully saturated rings. The van der Waals surface area contributed by atoms with E-state index >= 15 is 0 Å². The first-order valence-corrected chi connectivity index (χ1v) is 8.26. The number of aromatic nitrogens is 1. The molecule has 1 N–H and O–H groups in total. The van der Waals surface area contributed by atoms with Crippen molar-refractivity contribution < 1.29 is 13.2 Å². The predicted molar refractivity (Wildman–Crippen MR) is 77.2 cm³/mol. The molecule has 1 saturated heterocycles. The maximum atomic E-state index is 12.4. The van der Waals surface area contributed by atoms with Gasteiger partial charge in [-0.25, -0.2) is 13.4 Å². The summed E-state index contributed by atoms with van der Waals surface area (Å²) >= 11 is 0. The molecule has 0 aliphatic carbocycles. The van der Waals surface area contributed by atoms with Crippen LogP contribution in [0.5, 0.6) is 0 Å². The van der Waals surface area contributed by atoms with Crippen LogP contribution < -0.4 is 5.32 Å². The molecule has 0 saturated carbocycles. The summed E-state index contributed by atoms with van der Waals surface area (Å²) in [6, 6.07) is 3.25. The van der Waals surface area contributed by atoms with Gasteiger partial charge < -0.3 is 10.1 Å². The second kappa shape index (κ2) is 6.51. The van der Waals surface area contributed by atoms with Crippen molar-refractivity contribution in [2.24, 2.45) is 0 Å². The summed E-state index contributed by atoms with van der Waals surface area (Å²) in [6.07, 6.45) is 3.30. The molecule has 1 aliphatic heterocycles. The average Bonchev–Trinajstić information content (AvgIpc) is 2.92. The van der Waals surface area contributed by atoms with Gasteiger partial charge in [0.05, 0.1) is 6.10 Å². The molecular weight excluding hydrogens is 278 g/mol. The number of nitrogens with one attached hydrogen (secondary N) is 1. The van der Waals surface area contributed by atoms with Gasteiger partial charge in [0.15, 0.2) is 0 Å². The maximum absolute atomic E-state index is 12.4. The van der Waals surface area contributed by atoms with Gasteiger partial charge in [-0.05, 0) is 31.9 Å². The molecule has 2 rings (SSSR count). The van der Waals surface area contributed by atoms with E-state index in [0.29, 0.717) is 12.4 Å². The Bertz CT molecular complexity index is 524. The Morgan fingerprint density at radius 2 is 2.30 bits per heavy atom. The van der Waals surface area contributed by atoms with Gasteiger partial charge in [0.1, 0.15) is 10.7 Å². The van der Waals surface area contributed by atoms with Crippen LogP contribution in [0, 0.1) is 0 Å². The summed E-state index contributed by atoms with van der Waals surface area (Å²) < 4.78 is 31.6. The predicted octanol–water partition coefficient (Wildman–Crippen LogP) is 1.31. The number of sulfonamides is 1. The van der Waals surface area contributed by atoms with Gasteiger partial charge in [-0.1, -0.05) is 0 Å². The minimum Gasteiger partial charge on any atom is -0.377 e. The van der Waals surface area contributed by atoms with Crippen molar-refractivity contribution in [2.45, 2.75) is 30.8 Å². The minimum absolute atomic E-state index is 0.00349. The van der Waals surface area contributed by atoms with E-state index in [-0.39, 0.29) is 11.0 Å². The van der Waals surface area contributed by atoms with Gasteiger partial charge in [0, 0.05) is 32.9 Å². The van der Waals surface area contributed by atoms with Gasteiger partial charge in [0.25, 0.3) is 0 Å². The lowest BCUT2D eigenvalue weighted by Crippen LogP contribution is -2.34. The van der Waals surface area contributed by atoms with E-state index in [4.69, 9.17) is 4.74 Å². The fraction of sp³-hybridized carbons (Fsp3) is 0.615. The highest BCUT2D eigenvalue weighted by atomic mass is 32.2. The summed E-state index contributed by atoms with van der Waals surface area (Å²) in [5.41, 5.74) is 0. The fourth-order valence-electron chi connectivity index (χ4n) is 2.17. The lowest BCUT2D eigenvalue weighted by molar-refractivity contribution is 0.0979. The molecule has 112 valence electrons. The monoisotopic (exact) mass is 299 g/mol. The molecule has 20 heavy (non-hydrogen) atoms. The Labute approximate surface area is 120 Å². The highest BCUT2D eigenvalue weighted by molar-refractivity contribution is 7.89. The van der Waals surface area contributed by atoms with Crippen molar-refractivity contribution in [3.8, 4) is 0 Å². The highest BCUT2D eigenvalue weighted by Crippen LogP contribution is 2.19. The molecule has 1 unspecified atom stereocenters. The molecule has 1 aromatic rings. The normalized spacial score (nSPS) is 19.4. The molecule has 2 heterocycles. The van der Waals surface area contributed by atoms with E-state index < -0.39 is 10.0 Å². The Balaban J connectivity index is 2.07. The Kier molecular flexibility index (Phi) is 4.95. The van der Waals surface area contributed by atoms with E-state index in [1.54, 1.807) is 19.2 Å². The van der Waals surface area contributed by atoms with Gasteiger partial charge in [0.2, 0.25) is 10.0 Å². The number of hydrogen-bond donors (Lipinski definition) is 1. The third-order valence-electron chi connectivity index (χ3n) is 3.29. The first-order valence-electron chi connectivity index (χ1n) is 6.82. The fourth-order valence-corrected chi connectivity index (χ4v) is 3.32. The van der Waals surface area contributed by atoms with Crippen molar-refractivity contribution >= 4 is 15.8 Å². The van der Waals surface area contributed by atoms with Crippen molar-refractivity contribution in [2.75, 3.05) is 32.1 Å². The molecular formula is C13H21N3O3S. The summed E-state index contributed by atoms with van der Waals surface area (Å²) in [6.45, 7) is 3.81. The van der Waals surface area contributed by atoms with Gasteiger partial charge in [-0.2, -0.15) is 4.31 Å². The number of hydrogen-bond acceptors (Lipinski definition) is 5. The standard InChI is InChI=1S/C13H21N3O3S/c1-3-14-13-7-6-12(9-15-13)20(17,18)16(2)10-11-5-4-8-19-11/h6-7,9,11H,3-5,8,10H2,1-2H3,(H,14,15). The molecule has 6 nitrogen and oxygen atoms in total. The number of anilines is 1. The molecule has 0 amide bonds. The SMILES string of the molecule is CCNc1ccc(S(=O)(=O)N(C)CC2CCCO2)cn1. The van der Waals surface area contributed by atoms with Crippen LogP contribution in [0.3, 0.4) is 0 Å². The molecule has 1 aliphatic rings. The van der Waals surface area contributed by atoms with Crippen LogP contribution in [0.4, 0.5) is 5.82 Å². The molecule has 0 spiro atoms. The van der Waals surface area contributed by atoms with Crippen LogP contribution in [0.25, 0.3) is 0 Å². The van der Waals surface area contributed by atoms with E-state index in [2.05, 4.69) is 10.3 Å². The van der Waals surface area contributed by atoms with E-state index in [9.17, 15) is 8.42 Å². The summed E-state index contributed by atoms with van der Waals surface area (Å²) in [4.78, 5) is 4.31. The molecule has 0 aromatic carbocycles. The number of nitrogens with zero attached hydrogens (tertiary/aromatic N) is 2. The van der Waals surface area contributed by atoms with Crippen molar-refractivity contribution in [1.29, 1.82) is 0 Å². The number of rotatable bonds is 6. The van der Waals surface area contributed by atoms with Crippen LogP contribution in [0.15, 0.2) is 23.2 Å². The third-order valence-corrected chi connectivity index (χ3v) is 5.09. The molecule has 1 atom stereocenters. The van der Waals surface area contributed by atoms with E-state index in [1.165, 1.54) is 10.5 Å². The first-order chi connectivity index (χ1) is 9.54. The van der Waals surface area contributed by atoms with E-state index in [1.807, 2.05) is 6.92 Å². The highest BCUT2D eigenvalue weighted by Gasteiger charge is 2.26. The van der Waals surface area contributed by atoms with E-state index in [0.717, 1.165) is 26.0 Å². The number of pyridine rings is 1. The molecule has 0 radical (unpaired) electrons. The topological polar surface area (TPSA) is 71.5 Å². The van der Waals surface area contributed by atoms with Crippen molar-refractivity contribution in [3.05, 3.63) is 18.3 Å². The zero-order valence-electron chi connectivity index (χ0n) is 11.9. The lowest BCUT2D eigenvalue weighted by atomic mass is 10.2. The molecule has 7 heteroatoms. The molecule has 1 aromatic heterocycles. The first kappa shape index (κ1) is 15.2. The minimum atomic E-state index is -3.50. The van der Waals surface area contributed by atoms with Crippen LogP contribution in [-0.4, -0.2) is 50.6 Å². The summed E-state index contributed by atoms with van der Waals surface area (Å²) in [7, 11) is -1.92. The van der Waals surface area contributed by atoms with Crippen molar-refractivity contribution in [3.63, 3.8) is 0 Å². The zero-order valence-corrected chi connectivity index (χ0v) is 12.7. The lowest BCUT2D eigenvalue weighted by Gasteiger charge is -2.20. The zero-order chi connectivity index (χ0) is 14.6. The van der Waals surface area contributed by atoms with Gasteiger partial charge in [-0.15, -0.1) is 0 Å². The van der Waals surface area contributed by atoms with Crippen LogP contribution in [-0.2, 0) is 14.8 Å². The maximum Gasteiger partial charge on any atom is 0.244 e. The largest absolute Gasteiger partial charge is 0.377 e. The smallest absolute Gasteiger partial charge is 0.244 e. The summed E-state index contributed by atoms with van der Waals surface area (Å²) in [5, 5.41) is 3.03. The van der Waals surface area contributed by atoms with Crippen molar-refractivity contribution in [1.82, 2.24) is 9.29 Å². The van der Waals surface area contributed by atoms with Gasteiger partial charge >= 0.3 is 0 Å². The van der Waals surface area contributed by atoms with Crippen LogP contribution >= 0.6 is 0 Å². The second-order valence-corrected chi connectivity index (χ2v) is 6.87. The quantitative estimate of drug-likeness (QED) is 0.857. The third kappa shape index (κ3) is 3.47. The second-order valence-electron chi connectivity index (χ2n) is 4.83. The number of ether oxygens (including phenoxy) is 1.